The molecule has 1 N–H and O–H groups in total. The average Bonchev–Trinajstić information content (AvgIpc) is 2.46. The number of hydrogen-bond donors (Lipinski definition) is 1. The molecule has 0 fully saturated rings. The first kappa shape index (κ1) is 15.5. The number of benzene rings is 1. The third-order valence-electron chi connectivity index (χ3n) is 2.53. The van der Waals surface area contributed by atoms with Crippen LogP contribution in [0.3, 0.4) is 0 Å². The van der Waals surface area contributed by atoms with Gasteiger partial charge in [0, 0.05) is 18.2 Å². The summed E-state index contributed by atoms with van der Waals surface area (Å²) >= 11 is 0. The highest BCUT2D eigenvalue weighted by Gasteiger charge is 2.18. The molecule has 0 saturated heterocycles. The van der Waals surface area contributed by atoms with Crippen molar-refractivity contribution in [2.45, 2.75) is 6.92 Å². The maximum Gasteiger partial charge on any atom is 0.253 e. The van der Waals surface area contributed by atoms with Gasteiger partial charge in [-0.05, 0) is 24.3 Å². The molecular weight excluding hydrogens is 300 g/mol. The molecule has 0 aliphatic rings. The summed E-state index contributed by atoms with van der Waals surface area (Å²) in [6.45, 7) is 1.34. The van der Waals surface area contributed by atoms with Gasteiger partial charge in [0.05, 0.1) is 0 Å². The van der Waals surface area contributed by atoms with Crippen molar-refractivity contribution in [3.63, 3.8) is 0 Å². The van der Waals surface area contributed by atoms with Crippen molar-refractivity contribution in [1.29, 1.82) is 0 Å². The third-order valence-corrected chi connectivity index (χ3v) is 2.53. The second-order valence-corrected chi connectivity index (χ2v) is 4.20. The van der Waals surface area contributed by atoms with Crippen LogP contribution in [0.1, 0.15) is 18.1 Å². The Morgan fingerprint density at radius 1 is 1.00 bits per heavy atom. The van der Waals surface area contributed by atoms with Crippen molar-refractivity contribution < 1.29 is 22.4 Å². The molecule has 7 heteroatoms. The van der Waals surface area contributed by atoms with Crippen LogP contribution in [-0.2, 0) is 4.79 Å². The average molecular weight is 308 g/mol. The smallest absolute Gasteiger partial charge is 0.253 e. The van der Waals surface area contributed by atoms with E-state index in [0.29, 0.717) is 11.3 Å². The molecule has 1 aromatic heterocycles. The third kappa shape index (κ3) is 3.41. The van der Waals surface area contributed by atoms with Crippen LogP contribution in [0, 0.1) is 35.4 Å². The Bertz CT molecular complexity index is 766. The van der Waals surface area contributed by atoms with E-state index in [-0.39, 0.29) is 5.91 Å². The Hall–Kier alpha value is -2.88. The van der Waals surface area contributed by atoms with Gasteiger partial charge in [-0.2, -0.15) is 13.8 Å². The minimum absolute atomic E-state index is 0.259. The van der Waals surface area contributed by atoms with Crippen LogP contribution in [0.5, 0.6) is 0 Å². The molecule has 0 atom stereocenters. The van der Waals surface area contributed by atoms with E-state index in [1.165, 1.54) is 31.2 Å². The van der Waals surface area contributed by atoms with Crippen LogP contribution in [0.15, 0.2) is 24.3 Å². The normalized spacial score (nSPS) is 9.86. The number of amides is 1. The lowest BCUT2D eigenvalue weighted by molar-refractivity contribution is -0.114. The molecule has 112 valence electrons. The monoisotopic (exact) mass is 308 g/mol. The van der Waals surface area contributed by atoms with Crippen LogP contribution in [-0.4, -0.2) is 10.9 Å². The molecule has 22 heavy (non-hydrogen) atoms. The summed E-state index contributed by atoms with van der Waals surface area (Å²) in [4.78, 5) is 13.3. The van der Waals surface area contributed by atoms with Crippen LogP contribution >= 0.6 is 0 Å². The lowest BCUT2D eigenvalue weighted by Gasteiger charge is -2.01. The molecule has 0 aliphatic heterocycles. The SMILES string of the molecule is CC(=O)Nc1ccc(C#Cc2c(F)c(F)nc(F)c2F)cc1. The van der Waals surface area contributed by atoms with E-state index >= 15 is 0 Å². The Labute approximate surface area is 123 Å². The summed E-state index contributed by atoms with van der Waals surface area (Å²) in [6, 6.07) is 5.99. The van der Waals surface area contributed by atoms with Gasteiger partial charge in [-0.1, -0.05) is 11.8 Å². The zero-order valence-corrected chi connectivity index (χ0v) is 11.2. The number of aromatic nitrogens is 1. The van der Waals surface area contributed by atoms with E-state index in [0.717, 1.165) is 0 Å². The largest absolute Gasteiger partial charge is 0.326 e. The number of halogens is 4. The standard InChI is InChI=1S/C15H8F4N2O/c1-8(22)20-10-5-2-9(3-6-10)4-7-11-12(16)14(18)21-15(19)13(11)17/h2-3,5-6H,1H3,(H,20,22). The van der Waals surface area contributed by atoms with E-state index in [4.69, 9.17) is 0 Å². The second-order valence-electron chi connectivity index (χ2n) is 4.20. The summed E-state index contributed by atoms with van der Waals surface area (Å²) < 4.78 is 52.6. The van der Waals surface area contributed by atoms with Gasteiger partial charge in [-0.3, -0.25) is 4.79 Å². The fourth-order valence-corrected chi connectivity index (χ4v) is 1.57. The van der Waals surface area contributed by atoms with E-state index in [1.807, 2.05) is 5.92 Å². The van der Waals surface area contributed by atoms with Gasteiger partial charge >= 0.3 is 0 Å². The summed E-state index contributed by atoms with van der Waals surface area (Å²) in [6.07, 6.45) is 0. The molecule has 0 radical (unpaired) electrons. The first-order valence-electron chi connectivity index (χ1n) is 5.98. The van der Waals surface area contributed by atoms with Crippen LogP contribution in [0.4, 0.5) is 23.2 Å². The highest BCUT2D eigenvalue weighted by Crippen LogP contribution is 2.16. The topological polar surface area (TPSA) is 42.0 Å². The predicted molar refractivity (Wildman–Crippen MR) is 70.8 cm³/mol. The van der Waals surface area contributed by atoms with Gasteiger partial charge in [0.1, 0.15) is 5.56 Å². The Kier molecular flexibility index (Phi) is 4.41. The van der Waals surface area contributed by atoms with Crippen molar-refractivity contribution >= 4 is 11.6 Å². The van der Waals surface area contributed by atoms with Gasteiger partial charge < -0.3 is 5.32 Å². The van der Waals surface area contributed by atoms with Gasteiger partial charge in [0.2, 0.25) is 5.91 Å². The molecule has 1 amide bonds. The maximum atomic E-state index is 13.4. The van der Waals surface area contributed by atoms with E-state index < -0.39 is 29.1 Å². The minimum Gasteiger partial charge on any atom is -0.326 e. The first-order valence-corrected chi connectivity index (χ1v) is 5.98. The fourth-order valence-electron chi connectivity index (χ4n) is 1.57. The summed E-state index contributed by atoms with van der Waals surface area (Å²) in [5.41, 5.74) is -0.183. The molecule has 0 bridgehead atoms. The maximum absolute atomic E-state index is 13.4. The van der Waals surface area contributed by atoms with Crippen molar-refractivity contribution in [2.75, 3.05) is 5.32 Å². The van der Waals surface area contributed by atoms with Gasteiger partial charge in [-0.25, -0.2) is 8.78 Å². The number of anilines is 1. The number of nitrogens with zero attached hydrogens (tertiary/aromatic N) is 1. The molecule has 1 heterocycles. The summed E-state index contributed by atoms with van der Waals surface area (Å²) in [5.74, 6) is -2.68. The Morgan fingerprint density at radius 2 is 1.55 bits per heavy atom. The van der Waals surface area contributed by atoms with Crippen molar-refractivity contribution in [2.24, 2.45) is 0 Å². The van der Waals surface area contributed by atoms with Gasteiger partial charge in [-0.15, -0.1) is 0 Å². The van der Waals surface area contributed by atoms with E-state index in [1.54, 1.807) is 0 Å². The zero-order chi connectivity index (χ0) is 16.3. The number of carbonyl (C=O) groups is 1. The van der Waals surface area contributed by atoms with Crippen LogP contribution in [0.25, 0.3) is 0 Å². The Balaban J connectivity index is 2.33. The van der Waals surface area contributed by atoms with Crippen molar-refractivity contribution in [3.8, 4) is 11.8 Å². The minimum atomic E-state index is -1.76. The number of carbonyl (C=O) groups excluding carboxylic acids is 1. The zero-order valence-electron chi connectivity index (χ0n) is 11.2. The van der Waals surface area contributed by atoms with Crippen molar-refractivity contribution in [3.05, 3.63) is 58.9 Å². The molecule has 2 rings (SSSR count). The first-order chi connectivity index (χ1) is 10.4. The molecular formula is C15H8F4N2O. The van der Waals surface area contributed by atoms with E-state index in [9.17, 15) is 22.4 Å². The molecule has 2 aromatic rings. The number of pyridine rings is 1. The van der Waals surface area contributed by atoms with E-state index in [2.05, 4.69) is 16.2 Å². The van der Waals surface area contributed by atoms with Crippen molar-refractivity contribution in [1.82, 2.24) is 4.98 Å². The summed E-state index contributed by atoms with van der Waals surface area (Å²) in [7, 11) is 0. The quantitative estimate of drug-likeness (QED) is 0.500. The van der Waals surface area contributed by atoms with Gasteiger partial charge in [0.15, 0.2) is 11.6 Å². The van der Waals surface area contributed by atoms with Crippen LogP contribution in [0.2, 0.25) is 0 Å². The highest BCUT2D eigenvalue weighted by atomic mass is 19.2. The number of rotatable bonds is 1. The number of hydrogen-bond acceptors (Lipinski definition) is 2. The fraction of sp³-hybridized carbons (Fsp3) is 0.0667. The highest BCUT2D eigenvalue weighted by molar-refractivity contribution is 5.88. The molecule has 0 unspecified atom stereocenters. The molecule has 0 spiro atoms. The summed E-state index contributed by atoms with van der Waals surface area (Å²) in [5, 5.41) is 2.52. The molecule has 1 aromatic carbocycles. The van der Waals surface area contributed by atoms with Crippen LogP contribution < -0.4 is 5.32 Å². The lowest BCUT2D eigenvalue weighted by Crippen LogP contribution is -2.05. The lowest BCUT2D eigenvalue weighted by atomic mass is 10.1. The van der Waals surface area contributed by atoms with Gasteiger partial charge in [0.25, 0.3) is 11.9 Å². The molecule has 3 nitrogen and oxygen atoms in total. The molecule has 0 saturated carbocycles. The predicted octanol–water partition coefficient (Wildman–Crippen LogP) is 3.00. The molecule has 0 aliphatic carbocycles. The Morgan fingerprint density at radius 3 is 2.05 bits per heavy atom. The number of nitrogens with one attached hydrogen (secondary N) is 1. The second kappa shape index (κ2) is 6.26.